The number of rotatable bonds is 5. The Hall–Kier alpha value is -1.02. The van der Waals surface area contributed by atoms with Crippen molar-refractivity contribution in [3.05, 3.63) is 35.4 Å². The normalized spacial score (nSPS) is 10.0. The van der Waals surface area contributed by atoms with Gasteiger partial charge in [0.05, 0.1) is 6.42 Å². The standard InChI is InChI=1S/C12H16ClNO/c1-10-3-5-11(6-4-10)9-12(15)14-8-2-7-13/h3-6H,2,7-9H2,1H3,(H,14,15). The van der Waals surface area contributed by atoms with Crippen molar-refractivity contribution in [2.75, 3.05) is 12.4 Å². The van der Waals surface area contributed by atoms with E-state index in [1.807, 2.05) is 31.2 Å². The van der Waals surface area contributed by atoms with Crippen LogP contribution in [0.2, 0.25) is 0 Å². The van der Waals surface area contributed by atoms with Gasteiger partial charge in [0.2, 0.25) is 5.91 Å². The Bertz CT molecular complexity index is 308. The summed E-state index contributed by atoms with van der Waals surface area (Å²) in [5.41, 5.74) is 2.25. The summed E-state index contributed by atoms with van der Waals surface area (Å²) < 4.78 is 0. The lowest BCUT2D eigenvalue weighted by Gasteiger charge is -2.04. The van der Waals surface area contributed by atoms with E-state index in [2.05, 4.69) is 5.32 Å². The van der Waals surface area contributed by atoms with E-state index in [0.29, 0.717) is 18.8 Å². The maximum Gasteiger partial charge on any atom is 0.224 e. The second-order valence-electron chi connectivity index (χ2n) is 3.55. The van der Waals surface area contributed by atoms with Crippen molar-refractivity contribution in [3.63, 3.8) is 0 Å². The summed E-state index contributed by atoms with van der Waals surface area (Å²) >= 11 is 5.51. The summed E-state index contributed by atoms with van der Waals surface area (Å²) in [7, 11) is 0. The number of alkyl halides is 1. The van der Waals surface area contributed by atoms with Crippen molar-refractivity contribution in [1.82, 2.24) is 5.32 Å². The van der Waals surface area contributed by atoms with Crippen LogP contribution >= 0.6 is 11.6 Å². The van der Waals surface area contributed by atoms with Crippen LogP contribution in [0.4, 0.5) is 0 Å². The van der Waals surface area contributed by atoms with Crippen molar-refractivity contribution in [1.29, 1.82) is 0 Å². The SMILES string of the molecule is Cc1ccc(CC(=O)NCCCCl)cc1. The lowest BCUT2D eigenvalue weighted by Crippen LogP contribution is -2.26. The zero-order valence-corrected chi connectivity index (χ0v) is 9.68. The third-order valence-corrected chi connectivity index (χ3v) is 2.39. The summed E-state index contributed by atoms with van der Waals surface area (Å²) in [6.45, 7) is 2.69. The van der Waals surface area contributed by atoms with E-state index < -0.39 is 0 Å². The monoisotopic (exact) mass is 225 g/mol. The van der Waals surface area contributed by atoms with E-state index in [9.17, 15) is 4.79 Å². The molecule has 3 heteroatoms. The predicted molar refractivity (Wildman–Crippen MR) is 63.2 cm³/mol. The van der Waals surface area contributed by atoms with Gasteiger partial charge in [0.25, 0.3) is 0 Å². The second-order valence-corrected chi connectivity index (χ2v) is 3.93. The van der Waals surface area contributed by atoms with Crippen LogP contribution < -0.4 is 5.32 Å². The minimum atomic E-state index is 0.0592. The molecule has 1 N–H and O–H groups in total. The molecule has 0 bridgehead atoms. The molecule has 0 aromatic heterocycles. The number of aryl methyl sites for hydroxylation is 1. The van der Waals surface area contributed by atoms with Crippen LogP contribution in [0.15, 0.2) is 24.3 Å². The number of benzene rings is 1. The summed E-state index contributed by atoms with van der Waals surface area (Å²) in [5.74, 6) is 0.647. The maximum absolute atomic E-state index is 11.4. The van der Waals surface area contributed by atoms with Crippen LogP contribution in [0.5, 0.6) is 0 Å². The minimum Gasteiger partial charge on any atom is -0.356 e. The molecule has 1 rings (SSSR count). The number of hydrogen-bond donors (Lipinski definition) is 1. The van der Waals surface area contributed by atoms with Crippen LogP contribution in [0.25, 0.3) is 0 Å². The van der Waals surface area contributed by atoms with Crippen LogP contribution in [0, 0.1) is 6.92 Å². The first-order valence-corrected chi connectivity index (χ1v) is 5.64. The predicted octanol–water partition coefficient (Wildman–Crippen LogP) is 2.28. The fourth-order valence-electron chi connectivity index (χ4n) is 1.25. The van der Waals surface area contributed by atoms with E-state index in [4.69, 9.17) is 11.6 Å². The number of carbonyl (C=O) groups excluding carboxylic acids is 1. The summed E-state index contributed by atoms with van der Waals surface area (Å²) in [6.07, 6.45) is 1.27. The van der Waals surface area contributed by atoms with E-state index in [1.165, 1.54) is 5.56 Å². The van der Waals surface area contributed by atoms with Gasteiger partial charge in [0.1, 0.15) is 0 Å². The zero-order valence-electron chi connectivity index (χ0n) is 8.92. The molecule has 1 aromatic rings. The third kappa shape index (κ3) is 4.84. The molecule has 1 amide bonds. The van der Waals surface area contributed by atoms with Crippen molar-refractivity contribution in [2.24, 2.45) is 0 Å². The average Bonchev–Trinajstić information content (AvgIpc) is 2.22. The first kappa shape index (κ1) is 12.1. The van der Waals surface area contributed by atoms with Gasteiger partial charge in [-0.25, -0.2) is 0 Å². The number of hydrogen-bond acceptors (Lipinski definition) is 1. The molecule has 0 aliphatic carbocycles. The molecule has 0 spiro atoms. The molecule has 1 aromatic carbocycles. The van der Waals surface area contributed by atoms with Crippen molar-refractivity contribution < 1.29 is 4.79 Å². The van der Waals surface area contributed by atoms with E-state index >= 15 is 0 Å². The molecule has 0 saturated heterocycles. The molecule has 0 aliphatic rings. The summed E-state index contributed by atoms with van der Waals surface area (Å²) in [4.78, 5) is 11.4. The maximum atomic E-state index is 11.4. The van der Waals surface area contributed by atoms with Gasteiger partial charge >= 0.3 is 0 Å². The molecule has 0 atom stereocenters. The van der Waals surface area contributed by atoms with Gasteiger partial charge in [-0.1, -0.05) is 29.8 Å². The second kappa shape index (κ2) is 6.46. The molecule has 0 saturated carbocycles. The first-order chi connectivity index (χ1) is 7.22. The molecule has 0 radical (unpaired) electrons. The van der Waals surface area contributed by atoms with E-state index in [1.54, 1.807) is 0 Å². The van der Waals surface area contributed by atoms with Crippen LogP contribution in [-0.4, -0.2) is 18.3 Å². The van der Waals surface area contributed by atoms with Gasteiger partial charge in [-0.15, -0.1) is 11.6 Å². The van der Waals surface area contributed by atoms with Crippen LogP contribution in [-0.2, 0) is 11.2 Å². The molecule has 82 valence electrons. The molecule has 2 nitrogen and oxygen atoms in total. The Balaban J connectivity index is 2.34. The quantitative estimate of drug-likeness (QED) is 0.605. The van der Waals surface area contributed by atoms with E-state index in [0.717, 1.165) is 12.0 Å². The highest BCUT2D eigenvalue weighted by Gasteiger charge is 2.01. The molecule has 15 heavy (non-hydrogen) atoms. The molecule has 0 unspecified atom stereocenters. The molecule has 0 fully saturated rings. The van der Waals surface area contributed by atoms with Gasteiger partial charge in [-0.3, -0.25) is 4.79 Å². The highest BCUT2D eigenvalue weighted by molar-refractivity contribution is 6.17. The first-order valence-electron chi connectivity index (χ1n) is 5.10. The molecular formula is C12H16ClNO. The topological polar surface area (TPSA) is 29.1 Å². The van der Waals surface area contributed by atoms with Crippen molar-refractivity contribution in [3.8, 4) is 0 Å². The van der Waals surface area contributed by atoms with Crippen LogP contribution in [0.1, 0.15) is 17.5 Å². The molecular weight excluding hydrogens is 210 g/mol. The molecule has 0 heterocycles. The highest BCUT2D eigenvalue weighted by atomic mass is 35.5. The minimum absolute atomic E-state index is 0.0592. The van der Waals surface area contributed by atoms with Gasteiger partial charge in [-0.2, -0.15) is 0 Å². The van der Waals surface area contributed by atoms with Gasteiger partial charge < -0.3 is 5.32 Å². The number of carbonyl (C=O) groups is 1. The zero-order chi connectivity index (χ0) is 11.1. The average molecular weight is 226 g/mol. The number of amides is 1. The van der Waals surface area contributed by atoms with Crippen molar-refractivity contribution >= 4 is 17.5 Å². The van der Waals surface area contributed by atoms with Crippen LogP contribution in [0.3, 0.4) is 0 Å². The molecule has 0 aliphatic heterocycles. The Morgan fingerprint density at radius 2 is 2.00 bits per heavy atom. The summed E-state index contributed by atoms with van der Waals surface area (Å²) in [6, 6.07) is 8.00. The Morgan fingerprint density at radius 1 is 1.33 bits per heavy atom. The number of nitrogens with one attached hydrogen (secondary N) is 1. The highest BCUT2D eigenvalue weighted by Crippen LogP contribution is 2.03. The number of halogens is 1. The van der Waals surface area contributed by atoms with Gasteiger partial charge in [0.15, 0.2) is 0 Å². The van der Waals surface area contributed by atoms with Gasteiger partial charge in [0, 0.05) is 12.4 Å². The Labute approximate surface area is 95.6 Å². The fraction of sp³-hybridized carbons (Fsp3) is 0.417. The Morgan fingerprint density at radius 3 is 2.60 bits per heavy atom. The summed E-state index contributed by atoms with van der Waals surface area (Å²) in [5, 5.41) is 2.82. The van der Waals surface area contributed by atoms with E-state index in [-0.39, 0.29) is 5.91 Å². The largest absolute Gasteiger partial charge is 0.356 e. The lowest BCUT2D eigenvalue weighted by molar-refractivity contribution is -0.120. The van der Waals surface area contributed by atoms with Crippen molar-refractivity contribution in [2.45, 2.75) is 19.8 Å². The fourth-order valence-corrected chi connectivity index (χ4v) is 1.38. The third-order valence-electron chi connectivity index (χ3n) is 2.12. The van der Waals surface area contributed by atoms with Gasteiger partial charge in [-0.05, 0) is 18.9 Å². The lowest BCUT2D eigenvalue weighted by atomic mass is 10.1. The Kier molecular flexibility index (Phi) is 5.19. The smallest absolute Gasteiger partial charge is 0.224 e.